The number of aliphatic hydroxyl groups excluding tert-OH is 1. The van der Waals surface area contributed by atoms with Gasteiger partial charge in [-0.05, 0) is 47.9 Å². The van der Waals surface area contributed by atoms with Crippen molar-refractivity contribution in [1.82, 2.24) is 4.90 Å². The van der Waals surface area contributed by atoms with Crippen LogP contribution in [0.15, 0.2) is 82.8 Å². The Morgan fingerprint density at radius 3 is 2.40 bits per heavy atom. The van der Waals surface area contributed by atoms with Crippen LogP contribution in [0.5, 0.6) is 5.75 Å². The molecule has 0 saturated carbocycles. The summed E-state index contributed by atoms with van der Waals surface area (Å²) >= 11 is 3.45. The zero-order valence-corrected chi connectivity index (χ0v) is 21.1. The lowest BCUT2D eigenvalue weighted by Crippen LogP contribution is -2.32. The van der Waals surface area contributed by atoms with E-state index in [-0.39, 0.29) is 24.5 Å². The van der Waals surface area contributed by atoms with Gasteiger partial charge in [0.1, 0.15) is 18.1 Å². The minimum absolute atomic E-state index is 0.0609. The second-order valence-electron chi connectivity index (χ2n) is 8.29. The molecule has 1 N–H and O–H groups in total. The monoisotopic (exact) mass is 535 g/mol. The molecule has 3 aromatic rings. The molecule has 6 nitrogen and oxygen atoms in total. The number of aliphatic hydroxyl groups is 1. The first-order valence-electron chi connectivity index (χ1n) is 11.2. The number of nitrogens with zero attached hydrogens (tertiary/aromatic N) is 1. The molecule has 0 aliphatic carbocycles. The molecular weight excluding hydrogens is 510 g/mol. The molecule has 0 aromatic heterocycles. The number of halogens is 1. The van der Waals surface area contributed by atoms with E-state index in [1.165, 1.54) is 12.0 Å². The van der Waals surface area contributed by atoms with E-state index in [0.717, 1.165) is 15.6 Å². The van der Waals surface area contributed by atoms with Gasteiger partial charge in [-0.3, -0.25) is 9.59 Å². The van der Waals surface area contributed by atoms with E-state index in [4.69, 9.17) is 9.47 Å². The van der Waals surface area contributed by atoms with Crippen molar-refractivity contribution >= 4 is 33.4 Å². The number of benzene rings is 3. The lowest BCUT2D eigenvalue weighted by Gasteiger charge is -2.25. The van der Waals surface area contributed by atoms with Gasteiger partial charge in [0.05, 0.1) is 18.2 Å². The molecule has 1 fully saturated rings. The second-order valence-corrected chi connectivity index (χ2v) is 9.15. The highest BCUT2D eigenvalue weighted by Crippen LogP contribution is 2.40. The first kappa shape index (κ1) is 24.7. The maximum absolute atomic E-state index is 13.1. The molecule has 0 radical (unpaired) electrons. The van der Waals surface area contributed by atoms with Crippen molar-refractivity contribution < 1.29 is 24.2 Å². The molecule has 1 aliphatic rings. The fourth-order valence-corrected chi connectivity index (χ4v) is 4.33. The number of carbonyl (C=O) groups excluding carboxylic acids is 2. The predicted molar refractivity (Wildman–Crippen MR) is 137 cm³/mol. The Labute approximate surface area is 212 Å². The number of likely N-dealkylation sites (tertiary alicyclic amines) is 1. The molecule has 7 heteroatoms. The van der Waals surface area contributed by atoms with Crippen molar-refractivity contribution in [2.45, 2.75) is 19.6 Å². The highest BCUT2D eigenvalue weighted by atomic mass is 79.9. The van der Waals surface area contributed by atoms with E-state index in [2.05, 4.69) is 15.9 Å². The van der Waals surface area contributed by atoms with Crippen LogP contribution < -0.4 is 4.74 Å². The fourth-order valence-electron chi connectivity index (χ4n) is 4.08. The number of methoxy groups -OCH3 is 1. The Morgan fingerprint density at radius 2 is 1.74 bits per heavy atom. The first-order valence-corrected chi connectivity index (χ1v) is 12.0. The summed E-state index contributed by atoms with van der Waals surface area (Å²) in [5.74, 6) is -0.913. The minimum Gasteiger partial charge on any atom is -0.507 e. The summed E-state index contributed by atoms with van der Waals surface area (Å²) in [6, 6.07) is 21.6. The molecule has 0 bridgehead atoms. The van der Waals surface area contributed by atoms with Crippen LogP contribution in [0.2, 0.25) is 0 Å². The highest BCUT2D eigenvalue weighted by molar-refractivity contribution is 9.10. The summed E-state index contributed by atoms with van der Waals surface area (Å²) in [4.78, 5) is 27.5. The van der Waals surface area contributed by atoms with E-state index in [9.17, 15) is 14.7 Å². The summed E-state index contributed by atoms with van der Waals surface area (Å²) in [5, 5.41) is 11.2. The maximum atomic E-state index is 13.1. The van der Waals surface area contributed by atoms with Crippen LogP contribution in [0.25, 0.3) is 5.76 Å². The Balaban J connectivity index is 1.69. The molecule has 1 saturated heterocycles. The number of hydrogen-bond donors (Lipinski definition) is 1. The van der Waals surface area contributed by atoms with Crippen molar-refractivity contribution in [3.63, 3.8) is 0 Å². The number of ketones is 1. The van der Waals surface area contributed by atoms with Crippen LogP contribution in [0, 0.1) is 6.92 Å². The average Bonchev–Trinajstić information content (AvgIpc) is 3.13. The lowest BCUT2D eigenvalue weighted by molar-refractivity contribution is -0.140. The van der Waals surface area contributed by atoms with Gasteiger partial charge in [0.25, 0.3) is 11.7 Å². The minimum atomic E-state index is -0.739. The molecule has 1 unspecified atom stereocenters. The predicted octanol–water partition coefficient (Wildman–Crippen LogP) is 5.40. The lowest BCUT2D eigenvalue weighted by atomic mass is 9.95. The highest BCUT2D eigenvalue weighted by Gasteiger charge is 2.45. The number of carbonyl (C=O) groups is 2. The quantitative estimate of drug-likeness (QED) is 0.237. The van der Waals surface area contributed by atoms with Crippen LogP contribution in [-0.2, 0) is 20.9 Å². The maximum Gasteiger partial charge on any atom is 0.295 e. The molecule has 180 valence electrons. The third kappa shape index (κ3) is 5.31. The van der Waals surface area contributed by atoms with E-state index < -0.39 is 17.7 Å². The summed E-state index contributed by atoms with van der Waals surface area (Å²) in [5.41, 5.74) is 3.19. The number of Topliss-reactive ketones (excluding diaryl/α,β-unsaturated/α-hetero) is 1. The summed E-state index contributed by atoms with van der Waals surface area (Å²) in [6.07, 6.45) is 0. The van der Waals surface area contributed by atoms with Gasteiger partial charge in [0.15, 0.2) is 0 Å². The normalized spacial score (nSPS) is 17.1. The SMILES string of the molecule is COCCN1C(=O)C(=O)/C(=C(\O)c2ccc(Br)c(C)c2)C1c1ccc(OCc2ccccc2)cc1. The summed E-state index contributed by atoms with van der Waals surface area (Å²) in [6.45, 7) is 2.80. The third-order valence-corrected chi connectivity index (χ3v) is 6.84. The Hall–Kier alpha value is -3.42. The van der Waals surface area contributed by atoms with E-state index in [1.807, 2.05) is 49.4 Å². The van der Waals surface area contributed by atoms with Crippen molar-refractivity contribution in [2.24, 2.45) is 0 Å². The molecule has 0 spiro atoms. The van der Waals surface area contributed by atoms with Gasteiger partial charge in [0, 0.05) is 23.7 Å². The first-order chi connectivity index (χ1) is 16.9. The topological polar surface area (TPSA) is 76.1 Å². The van der Waals surface area contributed by atoms with E-state index >= 15 is 0 Å². The molecule has 1 aliphatic heterocycles. The zero-order valence-electron chi connectivity index (χ0n) is 19.5. The smallest absolute Gasteiger partial charge is 0.295 e. The van der Waals surface area contributed by atoms with Crippen LogP contribution in [0.3, 0.4) is 0 Å². The Kier molecular flexibility index (Phi) is 7.68. The molecule has 4 rings (SSSR count). The van der Waals surface area contributed by atoms with Crippen molar-refractivity contribution in [3.05, 3.63) is 105 Å². The van der Waals surface area contributed by atoms with Crippen molar-refractivity contribution in [2.75, 3.05) is 20.3 Å². The fraction of sp³-hybridized carbons (Fsp3) is 0.214. The molecule has 1 atom stereocenters. The third-order valence-electron chi connectivity index (χ3n) is 5.95. The number of ether oxygens (including phenoxy) is 2. The Morgan fingerprint density at radius 1 is 1.03 bits per heavy atom. The summed E-state index contributed by atoms with van der Waals surface area (Å²) < 4.78 is 11.9. The van der Waals surface area contributed by atoms with Gasteiger partial charge in [0.2, 0.25) is 0 Å². The number of rotatable bonds is 8. The van der Waals surface area contributed by atoms with Crippen molar-refractivity contribution in [1.29, 1.82) is 0 Å². The van der Waals surface area contributed by atoms with Gasteiger partial charge in [-0.15, -0.1) is 0 Å². The number of amides is 1. The molecule has 35 heavy (non-hydrogen) atoms. The van der Waals surface area contributed by atoms with Gasteiger partial charge < -0.3 is 19.5 Å². The van der Waals surface area contributed by atoms with Crippen LogP contribution in [0.4, 0.5) is 0 Å². The van der Waals surface area contributed by atoms with Gasteiger partial charge in [-0.2, -0.15) is 0 Å². The molecular formula is C28H26BrNO5. The van der Waals surface area contributed by atoms with Gasteiger partial charge in [-0.1, -0.05) is 64.5 Å². The number of aryl methyl sites for hydroxylation is 1. The van der Waals surface area contributed by atoms with E-state index in [1.54, 1.807) is 30.3 Å². The standard InChI is InChI=1S/C28H26BrNO5/c1-18-16-21(10-13-23(18)29)26(31)24-25(30(14-15-34-2)28(33)27(24)32)20-8-11-22(12-9-20)35-17-19-6-4-3-5-7-19/h3-13,16,25,31H,14-15,17H2,1-2H3/b26-24-. The second kappa shape index (κ2) is 10.9. The molecule has 3 aromatic carbocycles. The molecule has 1 amide bonds. The van der Waals surface area contributed by atoms with Crippen molar-refractivity contribution in [3.8, 4) is 5.75 Å². The number of hydrogen-bond acceptors (Lipinski definition) is 5. The van der Waals surface area contributed by atoms with Crippen LogP contribution >= 0.6 is 15.9 Å². The summed E-state index contributed by atoms with van der Waals surface area (Å²) in [7, 11) is 1.54. The van der Waals surface area contributed by atoms with Gasteiger partial charge in [-0.25, -0.2) is 0 Å². The van der Waals surface area contributed by atoms with Crippen LogP contribution in [-0.4, -0.2) is 42.0 Å². The largest absolute Gasteiger partial charge is 0.507 e. The Bertz CT molecular complexity index is 1250. The van der Waals surface area contributed by atoms with Crippen LogP contribution in [0.1, 0.15) is 28.3 Å². The van der Waals surface area contributed by atoms with Gasteiger partial charge >= 0.3 is 0 Å². The molecule has 1 heterocycles. The average molecular weight is 536 g/mol. The van der Waals surface area contributed by atoms with E-state index in [0.29, 0.717) is 23.5 Å². The zero-order chi connectivity index (χ0) is 24.9.